The van der Waals surface area contributed by atoms with Gasteiger partial charge in [0.15, 0.2) is 0 Å². The van der Waals surface area contributed by atoms with Gasteiger partial charge >= 0.3 is 5.97 Å². The Morgan fingerprint density at radius 2 is 1.65 bits per heavy atom. The summed E-state index contributed by atoms with van der Waals surface area (Å²) < 4.78 is 28.3. The maximum atomic E-state index is 12.4. The van der Waals surface area contributed by atoms with Crippen molar-refractivity contribution in [3.8, 4) is 0 Å². The minimum Gasteiger partial charge on any atom is -0.481 e. The van der Waals surface area contributed by atoms with Crippen molar-refractivity contribution in [2.75, 3.05) is 4.72 Å². The molecule has 2 N–H and O–H groups in total. The van der Waals surface area contributed by atoms with Crippen LogP contribution in [0.3, 0.4) is 0 Å². The molecular formula is C15H13Br2NO4S. The fourth-order valence-electron chi connectivity index (χ4n) is 1.91. The van der Waals surface area contributed by atoms with Crippen LogP contribution in [-0.4, -0.2) is 19.5 Å². The number of benzene rings is 2. The number of aryl methyl sites for hydroxylation is 1. The van der Waals surface area contributed by atoms with Gasteiger partial charge in [-0.1, -0.05) is 17.7 Å². The predicted octanol–water partition coefficient (Wildman–Crippen LogP) is 3.95. The number of sulfonamides is 1. The van der Waals surface area contributed by atoms with Gasteiger partial charge in [0.05, 0.1) is 17.0 Å². The zero-order valence-corrected chi connectivity index (χ0v) is 16.0. The molecule has 0 bridgehead atoms. The molecule has 0 unspecified atom stereocenters. The second kappa shape index (κ2) is 7.02. The number of carboxylic acid groups (broad SMARTS) is 1. The predicted molar refractivity (Wildman–Crippen MR) is 95.2 cm³/mol. The lowest BCUT2D eigenvalue weighted by molar-refractivity contribution is -0.136. The monoisotopic (exact) mass is 461 g/mol. The summed E-state index contributed by atoms with van der Waals surface area (Å²) in [5.74, 6) is -0.961. The Bertz CT molecular complexity index is 825. The van der Waals surface area contributed by atoms with Crippen LogP contribution in [0.1, 0.15) is 11.1 Å². The molecule has 0 aliphatic heterocycles. The maximum Gasteiger partial charge on any atom is 0.307 e. The standard InChI is InChI=1S/C15H13Br2NO4S/c1-9-2-4-11(5-3-9)23(21,22)18-15-12(16)6-10(7-13(15)17)8-14(19)20/h2-7,18H,8H2,1H3,(H,19,20). The molecule has 0 spiro atoms. The Morgan fingerprint density at radius 3 is 2.13 bits per heavy atom. The summed E-state index contributed by atoms with van der Waals surface area (Å²) in [6.45, 7) is 1.87. The Morgan fingerprint density at radius 1 is 1.13 bits per heavy atom. The lowest BCUT2D eigenvalue weighted by Gasteiger charge is -2.13. The fraction of sp³-hybridized carbons (Fsp3) is 0.133. The molecule has 0 radical (unpaired) electrons. The summed E-state index contributed by atoms with van der Waals surface area (Å²) in [6, 6.07) is 9.64. The van der Waals surface area contributed by atoms with Gasteiger partial charge in [0, 0.05) is 8.95 Å². The van der Waals surface area contributed by atoms with Crippen LogP contribution in [0.15, 0.2) is 50.2 Å². The Labute approximate surface area is 151 Å². The quantitative estimate of drug-likeness (QED) is 0.704. The van der Waals surface area contributed by atoms with Crippen LogP contribution >= 0.6 is 31.9 Å². The minimum atomic E-state index is -3.74. The highest BCUT2D eigenvalue weighted by atomic mass is 79.9. The molecule has 0 aliphatic rings. The first kappa shape index (κ1) is 18.0. The van der Waals surface area contributed by atoms with Crippen molar-refractivity contribution in [2.24, 2.45) is 0 Å². The summed E-state index contributed by atoms with van der Waals surface area (Å²) >= 11 is 6.55. The molecule has 0 fully saturated rings. The number of hydrogen-bond donors (Lipinski definition) is 2. The van der Waals surface area contributed by atoms with Crippen molar-refractivity contribution in [1.29, 1.82) is 0 Å². The molecule has 2 aromatic rings. The molecule has 2 rings (SSSR count). The van der Waals surface area contributed by atoms with Crippen LogP contribution in [0.4, 0.5) is 5.69 Å². The number of halogens is 2. The van der Waals surface area contributed by atoms with Crippen LogP contribution in [-0.2, 0) is 21.2 Å². The van der Waals surface area contributed by atoms with E-state index < -0.39 is 16.0 Å². The van der Waals surface area contributed by atoms with Crippen LogP contribution in [0, 0.1) is 6.92 Å². The van der Waals surface area contributed by atoms with E-state index in [1.54, 1.807) is 24.3 Å². The third-order valence-electron chi connectivity index (χ3n) is 3.02. The first-order valence-electron chi connectivity index (χ1n) is 6.48. The van der Waals surface area contributed by atoms with Gasteiger partial charge in [-0.15, -0.1) is 0 Å². The van der Waals surface area contributed by atoms with Gasteiger partial charge in [-0.2, -0.15) is 0 Å². The molecule has 0 aliphatic carbocycles. The average Bonchev–Trinajstić information content (AvgIpc) is 2.43. The number of hydrogen-bond acceptors (Lipinski definition) is 3. The minimum absolute atomic E-state index is 0.150. The summed E-state index contributed by atoms with van der Waals surface area (Å²) in [5, 5.41) is 8.83. The van der Waals surface area contributed by atoms with E-state index in [2.05, 4.69) is 36.6 Å². The van der Waals surface area contributed by atoms with Crippen molar-refractivity contribution < 1.29 is 18.3 Å². The molecule has 2 aromatic carbocycles. The van der Waals surface area contributed by atoms with Gasteiger partial charge in [0.2, 0.25) is 0 Å². The van der Waals surface area contributed by atoms with Crippen LogP contribution in [0.2, 0.25) is 0 Å². The molecular weight excluding hydrogens is 450 g/mol. The highest BCUT2D eigenvalue weighted by molar-refractivity contribution is 9.11. The number of carboxylic acids is 1. The van der Waals surface area contributed by atoms with Gasteiger partial charge in [0.25, 0.3) is 10.0 Å². The van der Waals surface area contributed by atoms with E-state index in [-0.39, 0.29) is 11.3 Å². The van der Waals surface area contributed by atoms with Gasteiger partial charge < -0.3 is 5.11 Å². The van der Waals surface area contributed by atoms with E-state index in [0.717, 1.165) is 5.56 Å². The second-order valence-electron chi connectivity index (χ2n) is 4.92. The molecule has 0 amide bonds. The Kier molecular flexibility index (Phi) is 5.49. The first-order valence-corrected chi connectivity index (χ1v) is 9.55. The van der Waals surface area contributed by atoms with Gasteiger partial charge in [-0.05, 0) is 68.6 Å². The normalized spacial score (nSPS) is 11.3. The molecule has 5 nitrogen and oxygen atoms in total. The molecule has 0 aromatic heterocycles. The molecule has 0 saturated heterocycles. The molecule has 0 atom stereocenters. The number of carbonyl (C=O) groups is 1. The van der Waals surface area contributed by atoms with Crippen molar-refractivity contribution in [2.45, 2.75) is 18.2 Å². The van der Waals surface area contributed by atoms with Crippen molar-refractivity contribution in [3.63, 3.8) is 0 Å². The highest BCUT2D eigenvalue weighted by Gasteiger charge is 2.18. The third-order valence-corrected chi connectivity index (χ3v) is 5.64. The third kappa shape index (κ3) is 4.55. The first-order chi connectivity index (χ1) is 10.7. The lowest BCUT2D eigenvalue weighted by atomic mass is 10.1. The molecule has 23 heavy (non-hydrogen) atoms. The number of rotatable bonds is 5. The largest absolute Gasteiger partial charge is 0.481 e. The van der Waals surface area contributed by atoms with E-state index >= 15 is 0 Å². The SMILES string of the molecule is Cc1ccc(S(=O)(=O)Nc2c(Br)cc(CC(=O)O)cc2Br)cc1. The number of anilines is 1. The van der Waals surface area contributed by atoms with Crippen LogP contribution in [0.25, 0.3) is 0 Å². The summed E-state index contributed by atoms with van der Waals surface area (Å²) in [7, 11) is -3.74. The number of nitrogens with one attached hydrogen (secondary N) is 1. The average molecular weight is 463 g/mol. The van der Waals surface area contributed by atoms with Gasteiger partial charge in [-0.3, -0.25) is 9.52 Å². The van der Waals surface area contributed by atoms with E-state index in [0.29, 0.717) is 20.2 Å². The summed E-state index contributed by atoms with van der Waals surface area (Å²) in [6.07, 6.45) is -0.151. The van der Waals surface area contributed by atoms with E-state index in [4.69, 9.17) is 5.11 Å². The fourth-order valence-corrected chi connectivity index (χ4v) is 4.75. The van der Waals surface area contributed by atoms with E-state index in [9.17, 15) is 13.2 Å². The molecule has 0 heterocycles. The Balaban J connectivity index is 2.36. The summed E-state index contributed by atoms with van der Waals surface area (Å²) in [4.78, 5) is 10.9. The summed E-state index contributed by atoms with van der Waals surface area (Å²) in [5.41, 5.74) is 1.83. The second-order valence-corrected chi connectivity index (χ2v) is 8.31. The Hall–Kier alpha value is -1.38. The van der Waals surface area contributed by atoms with Gasteiger partial charge in [-0.25, -0.2) is 8.42 Å². The lowest BCUT2D eigenvalue weighted by Crippen LogP contribution is -2.14. The smallest absolute Gasteiger partial charge is 0.307 e. The van der Waals surface area contributed by atoms with Crippen molar-refractivity contribution in [3.05, 3.63) is 56.5 Å². The highest BCUT2D eigenvalue weighted by Crippen LogP contribution is 2.34. The molecule has 8 heteroatoms. The zero-order valence-electron chi connectivity index (χ0n) is 12.0. The topological polar surface area (TPSA) is 83.5 Å². The van der Waals surface area contributed by atoms with E-state index in [1.165, 1.54) is 12.1 Å². The van der Waals surface area contributed by atoms with Crippen LogP contribution in [0.5, 0.6) is 0 Å². The molecule has 0 saturated carbocycles. The number of aliphatic carboxylic acids is 1. The maximum absolute atomic E-state index is 12.4. The van der Waals surface area contributed by atoms with Crippen molar-refractivity contribution >= 4 is 53.5 Å². The van der Waals surface area contributed by atoms with Gasteiger partial charge in [0.1, 0.15) is 0 Å². The van der Waals surface area contributed by atoms with Crippen LogP contribution < -0.4 is 4.72 Å². The zero-order chi connectivity index (χ0) is 17.2. The van der Waals surface area contributed by atoms with E-state index in [1.807, 2.05) is 6.92 Å². The molecule has 122 valence electrons. The van der Waals surface area contributed by atoms with Crippen molar-refractivity contribution in [1.82, 2.24) is 0 Å².